The van der Waals surface area contributed by atoms with Crippen LogP contribution in [0.25, 0.3) is 0 Å². The fraction of sp³-hybridized carbons (Fsp3) is 0.913. The first kappa shape index (κ1) is 23.2. The molecule has 168 valence electrons. The highest BCUT2D eigenvalue weighted by molar-refractivity contribution is 5.24. The molecular weight excluding hydrogens is 364 g/mol. The van der Waals surface area contributed by atoms with E-state index in [-0.39, 0.29) is 11.5 Å². The van der Waals surface area contributed by atoms with E-state index in [1.807, 2.05) is 0 Å². The van der Waals surface area contributed by atoms with Crippen molar-refractivity contribution in [3.8, 4) is 0 Å². The summed E-state index contributed by atoms with van der Waals surface area (Å²) in [5, 5.41) is 23.7. The molecular formula is C23H44N4O2. The van der Waals surface area contributed by atoms with Crippen LogP contribution in [-0.2, 0) is 4.74 Å². The van der Waals surface area contributed by atoms with Crippen molar-refractivity contribution < 1.29 is 9.84 Å². The molecule has 1 spiro atoms. The molecule has 29 heavy (non-hydrogen) atoms. The molecule has 1 aliphatic carbocycles. The van der Waals surface area contributed by atoms with Gasteiger partial charge in [0.05, 0.1) is 5.60 Å². The Labute approximate surface area is 177 Å². The lowest BCUT2D eigenvalue weighted by molar-refractivity contribution is -0.269. The molecule has 4 aliphatic heterocycles. The van der Waals surface area contributed by atoms with Gasteiger partial charge >= 0.3 is 0 Å². The zero-order valence-corrected chi connectivity index (χ0v) is 18.9. The Bertz CT molecular complexity index is 500. The van der Waals surface area contributed by atoms with Crippen molar-refractivity contribution in [1.82, 2.24) is 21.3 Å². The second-order valence-corrected chi connectivity index (χ2v) is 9.82. The van der Waals surface area contributed by atoms with Crippen LogP contribution in [0.2, 0.25) is 0 Å². The number of nitrogens with one attached hydrogen (secondary N) is 4. The summed E-state index contributed by atoms with van der Waals surface area (Å²) in [5.41, 5.74) is 1.13. The Morgan fingerprint density at radius 1 is 0.931 bits per heavy atom. The molecule has 0 aromatic carbocycles. The Morgan fingerprint density at radius 2 is 1.41 bits per heavy atom. The molecule has 4 heterocycles. The fourth-order valence-electron chi connectivity index (χ4n) is 5.84. The molecule has 6 heteroatoms. The number of hydrogen-bond donors (Lipinski definition) is 5. The van der Waals surface area contributed by atoms with Crippen LogP contribution < -0.4 is 21.3 Å². The predicted molar refractivity (Wildman–Crippen MR) is 119 cm³/mol. The number of ether oxygens (including phenoxy) is 1. The average Bonchev–Trinajstić information content (AvgIpc) is 3.20. The van der Waals surface area contributed by atoms with Gasteiger partial charge in [0.2, 0.25) is 0 Å². The minimum atomic E-state index is -0.930. The van der Waals surface area contributed by atoms with Crippen molar-refractivity contribution in [1.29, 1.82) is 0 Å². The van der Waals surface area contributed by atoms with Crippen molar-refractivity contribution in [2.75, 3.05) is 52.4 Å². The molecule has 4 saturated heterocycles. The molecule has 2 bridgehead atoms. The van der Waals surface area contributed by atoms with Gasteiger partial charge in [-0.15, -0.1) is 0 Å². The molecule has 5 N–H and O–H groups in total. The normalized spacial score (nSPS) is 41.1. The minimum Gasteiger partial charge on any atom is -0.365 e. The van der Waals surface area contributed by atoms with Gasteiger partial charge in [-0.3, -0.25) is 0 Å². The predicted octanol–water partition coefficient (Wildman–Crippen LogP) is 1.47. The summed E-state index contributed by atoms with van der Waals surface area (Å²) in [6.45, 7) is 20.0. The highest BCUT2D eigenvalue weighted by Gasteiger charge is 2.66. The molecule has 5 aliphatic rings. The number of aliphatic hydroxyl groups is 1. The number of hydrogen-bond acceptors (Lipinski definition) is 6. The monoisotopic (exact) mass is 408 g/mol. The van der Waals surface area contributed by atoms with E-state index in [2.05, 4.69) is 48.6 Å². The standard InChI is InChI=1S/C15H24O2.2C4H10N2/c1-9(2)13-8-14-11(4)5-6-12(14)10(3)7-15(13,16)17-14;2*1-2-6-4-3-5-1/h9,11-13,16H,3,5-8H2,1-2,4H3;2*5-6H,1-4H2/t11-,12-,13-,14-,15-;;/m0../s1. The molecule has 5 atom stereocenters. The van der Waals surface area contributed by atoms with E-state index in [0.717, 1.165) is 58.8 Å². The summed E-state index contributed by atoms with van der Waals surface area (Å²) in [5.74, 6) is 0.852. The third-order valence-corrected chi connectivity index (χ3v) is 7.49. The van der Waals surface area contributed by atoms with Crippen LogP contribution in [0.3, 0.4) is 0 Å². The summed E-state index contributed by atoms with van der Waals surface area (Å²) in [4.78, 5) is 0. The van der Waals surface area contributed by atoms with E-state index in [9.17, 15) is 5.11 Å². The first-order valence-electron chi connectivity index (χ1n) is 11.8. The third kappa shape index (κ3) is 5.23. The molecule has 0 amide bonds. The van der Waals surface area contributed by atoms with Crippen molar-refractivity contribution in [2.45, 2.75) is 57.8 Å². The molecule has 1 saturated carbocycles. The van der Waals surface area contributed by atoms with E-state index in [1.165, 1.54) is 18.4 Å². The number of fused-ring (bicyclic) bond motifs is 1. The maximum absolute atomic E-state index is 10.8. The quantitative estimate of drug-likeness (QED) is 0.423. The highest BCUT2D eigenvalue weighted by Crippen LogP contribution is 2.63. The first-order valence-corrected chi connectivity index (χ1v) is 11.8. The molecule has 0 unspecified atom stereocenters. The van der Waals surface area contributed by atoms with Crippen molar-refractivity contribution in [3.05, 3.63) is 12.2 Å². The van der Waals surface area contributed by atoms with Crippen LogP contribution in [0.4, 0.5) is 0 Å². The second-order valence-electron chi connectivity index (χ2n) is 9.82. The molecule has 6 nitrogen and oxygen atoms in total. The van der Waals surface area contributed by atoms with E-state index in [1.54, 1.807) is 0 Å². The van der Waals surface area contributed by atoms with Gasteiger partial charge in [-0.1, -0.05) is 32.9 Å². The maximum Gasteiger partial charge on any atom is 0.173 e. The largest absolute Gasteiger partial charge is 0.365 e. The topological polar surface area (TPSA) is 77.6 Å². The lowest BCUT2D eigenvalue weighted by atomic mass is 9.77. The third-order valence-electron chi connectivity index (χ3n) is 7.49. The van der Waals surface area contributed by atoms with Gasteiger partial charge in [0.25, 0.3) is 0 Å². The van der Waals surface area contributed by atoms with Crippen molar-refractivity contribution in [2.24, 2.45) is 23.7 Å². The summed E-state index contributed by atoms with van der Waals surface area (Å²) < 4.78 is 6.25. The Hall–Kier alpha value is -0.500. The van der Waals surface area contributed by atoms with Crippen LogP contribution in [0.1, 0.15) is 46.5 Å². The maximum atomic E-state index is 10.8. The van der Waals surface area contributed by atoms with Gasteiger partial charge in [0.15, 0.2) is 5.79 Å². The zero-order valence-electron chi connectivity index (χ0n) is 18.9. The summed E-state index contributed by atoms with van der Waals surface area (Å²) in [7, 11) is 0. The minimum absolute atomic E-state index is 0.0982. The lowest BCUT2D eigenvalue weighted by Gasteiger charge is -2.43. The number of piperazine rings is 2. The van der Waals surface area contributed by atoms with Gasteiger partial charge in [-0.25, -0.2) is 0 Å². The summed E-state index contributed by atoms with van der Waals surface area (Å²) >= 11 is 0. The van der Waals surface area contributed by atoms with Gasteiger partial charge in [0, 0.05) is 70.6 Å². The van der Waals surface area contributed by atoms with Gasteiger partial charge in [0.1, 0.15) is 0 Å². The smallest absolute Gasteiger partial charge is 0.173 e. The average molecular weight is 409 g/mol. The Balaban J connectivity index is 0.000000163. The van der Waals surface area contributed by atoms with E-state index < -0.39 is 5.79 Å². The molecule has 0 radical (unpaired) electrons. The molecule has 0 aromatic rings. The Morgan fingerprint density at radius 3 is 1.83 bits per heavy atom. The fourth-order valence-corrected chi connectivity index (χ4v) is 5.84. The number of rotatable bonds is 1. The Kier molecular flexibility index (Phi) is 8.15. The van der Waals surface area contributed by atoms with Crippen molar-refractivity contribution in [3.63, 3.8) is 0 Å². The summed E-state index contributed by atoms with van der Waals surface area (Å²) in [6.07, 6.45) is 4.08. The van der Waals surface area contributed by atoms with E-state index >= 15 is 0 Å². The molecule has 5 fully saturated rings. The van der Waals surface area contributed by atoms with Gasteiger partial charge < -0.3 is 31.1 Å². The highest BCUT2D eigenvalue weighted by atomic mass is 16.6. The lowest BCUT2D eigenvalue weighted by Crippen LogP contribution is -2.48. The van der Waals surface area contributed by atoms with Gasteiger partial charge in [-0.05, 0) is 31.1 Å². The van der Waals surface area contributed by atoms with Crippen LogP contribution in [0.15, 0.2) is 12.2 Å². The van der Waals surface area contributed by atoms with Crippen molar-refractivity contribution >= 4 is 0 Å². The molecule has 0 aromatic heterocycles. The van der Waals surface area contributed by atoms with Crippen LogP contribution in [-0.4, -0.2) is 68.9 Å². The SMILES string of the molecule is C1CNCCN1.C1CNCCN1.C=C1C[C@]2(O)O[C@@]3(C[C@H]2C(C)C)[C@@H](C)CC[C@@H]13. The first-order chi connectivity index (χ1) is 13.9. The van der Waals surface area contributed by atoms with Crippen LogP contribution in [0.5, 0.6) is 0 Å². The second kappa shape index (κ2) is 10.2. The zero-order chi connectivity index (χ0) is 20.9. The summed E-state index contributed by atoms with van der Waals surface area (Å²) in [6, 6.07) is 0. The van der Waals surface area contributed by atoms with Crippen LogP contribution >= 0.6 is 0 Å². The van der Waals surface area contributed by atoms with E-state index in [0.29, 0.717) is 24.2 Å². The van der Waals surface area contributed by atoms with Crippen LogP contribution in [0, 0.1) is 23.7 Å². The van der Waals surface area contributed by atoms with E-state index in [4.69, 9.17) is 4.74 Å². The van der Waals surface area contributed by atoms with Gasteiger partial charge in [-0.2, -0.15) is 0 Å². The molecule has 5 rings (SSSR count).